The zero-order chi connectivity index (χ0) is 6.69. The summed E-state index contributed by atoms with van der Waals surface area (Å²) in [6.07, 6.45) is 1.68. The molecular weight excluding hydrogens is 182 g/mol. The minimum Gasteiger partial charge on any atom is -0.480 e. The lowest BCUT2D eigenvalue weighted by molar-refractivity contribution is 0.395. The number of halogens is 1. The van der Waals surface area contributed by atoms with Crippen LogP contribution in [0, 0.1) is 0 Å². The van der Waals surface area contributed by atoms with E-state index in [1.165, 1.54) is 0 Å². The van der Waals surface area contributed by atoms with E-state index < -0.39 is 0 Å². The van der Waals surface area contributed by atoms with Crippen molar-refractivity contribution in [1.29, 1.82) is 0 Å². The van der Waals surface area contributed by atoms with Gasteiger partial charge in [0.25, 0.3) is 0 Å². The van der Waals surface area contributed by atoms with E-state index in [4.69, 9.17) is 4.74 Å². The lowest BCUT2D eigenvalue weighted by Gasteiger charge is -1.97. The number of aromatic nitrogens is 1. The summed E-state index contributed by atoms with van der Waals surface area (Å²) in [4.78, 5) is 3.93. The summed E-state index contributed by atoms with van der Waals surface area (Å²) in [5, 5.41) is 0. The standard InChI is InChI=1S/C6H6BrNO/c1-9-6-5(7)3-2-4-8-6/h2-4H,1H3. The summed E-state index contributed by atoms with van der Waals surface area (Å²) < 4.78 is 5.77. The maximum Gasteiger partial charge on any atom is 0.227 e. The fourth-order valence-electron chi connectivity index (χ4n) is 0.521. The topological polar surface area (TPSA) is 22.1 Å². The van der Waals surface area contributed by atoms with Gasteiger partial charge in [-0.1, -0.05) is 0 Å². The maximum absolute atomic E-state index is 4.89. The highest BCUT2D eigenvalue weighted by molar-refractivity contribution is 9.10. The third-order valence-corrected chi connectivity index (χ3v) is 1.52. The zero-order valence-corrected chi connectivity index (χ0v) is 6.55. The first-order valence-electron chi connectivity index (χ1n) is 2.49. The molecule has 0 N–H and O–H groups in total. The largest absolute Gasteiger partial charge is 0.480 e. The van der Waals surface area contributed by atoms with Gasteiger partial charge >= 0.3 is 0 Å². The summed E-state index contributed by atoms with van der Waals surface area (Å²) in [6.45, 7) is 0. The summed E-state index contributed by atoms with van der Waals surface area (Å²) in [5.41, 5.74) is 0. The monoisotopic (exact) mass is 187 g/mol. The lowest BCUT2D eigenvalue weighted by Crippen LogP contribution is -1.86. The Balaban J connectivity index is 3.01. The van der Waals surface area contributed by atoms with Crippen LogP contribution < -0.4 is 4.74 Å². The van der Waals surface area contributed by atoms with Crippen molar-refractivity contribution in [2.75, 3.05) is 7.11 Å². The van der Waals surface area contributed by atoms with Crippen molar-refractivity contribution < 1.29 is 4.74 Å². The van der Waals surface area contributed by atoms with Gasteiger partial charge in [0.05, 0.1) is 11.6 Å². The van der Waals surface area contributed by atoms with Crippen LogP contribution in [0.25, 0.3) is 0 Å². The molecule has 0 fully saturated rings. The van der Waals surface area contributed by atoms with Gasteiger partial charge in [0.1, 0.15) is 0 Å². The molecule has 0 saturated carbocycles. The number of rotatable bonds is 1. The quantitative estimate of drug-likeness (QED) is 0.670. The molecule has 0 aliphatic rings. The van der Waals surface area contributed by atoms with Gasteiger partial charge in [0.2, 0.25) is 5.88 Å². The van der Waals surface area contributed by atoms with Gasteiger partial charge < -0.3 is 4.74 Å². The molecule has 0 radical (unpaired) electrons. The van der Waals surface area contributed by atoms with E-state index in [2.05, 4.69) is 20.9 Å². The first-order valence-corrected chi connectivity index (χ1v) is 3.28. The molecule has 0 aromatic carbocycles. The van der Waals surface area contributed by atoms with Crippen molar-refractivity contribution in [3.63, 3.8) is 0 Å². The smallest absolute Gasteiger partial charge is 0.227 e. The third-order valence-electron chi connectivity index (χ3n) is 0.918. The van der Waals surface area contributed by atoms with Crippen LogP contribution in [0.3, 0.4) is 0 Å². The number of methoxy groups -OCH3 is 1. The van der Waals surface area contributed by atoms with E-state index in [1.807, 2.05) is 12.1 Å². The maximum atomic E-state index is 4.89. The second kappa shape index (κ2) is 2.82. The predicted octanol–water partition coefficient (Wildman–Crippen LogP) is 1.85. The van der Waals surface area contributed by atoms with Crippen LogP contribution >= 0.6 is 15.9 Å². The van der Waals surface area contributed by atoms with Crippen LogP contribution in [-0.4, -0.2) is 12.1 Å². The van der Waals surface area contributed by atoms with Crippen LogP contribution in [0.5, 0.6) is 5.88 Å². The molecule has 0 aliphatic heterocycles. The third kappa shape index (κ3) is 1.42. The van der Waals surface area contributed by atoms with E-state index in [1.54, 1.807) is 13.3 Å². The van der Waals surface area contributed by atoms with Crippen molar-refractivity contribution in [1.82, 2.24) is 4.98 Å². The molecule has 0 spiro atoms. The number of hydrogen-bond donors (Lipinski definition) is 0. The molecule has 0 saturated heterocycles. The Morgan fingerprint density at radius 3 is 2.89 bits per heavy atom. The fraction of sp³-hybridized carbons (Fsp3) is 0.167. The summed E-state index contributed by atoms with van der Waals surface area (Å²) in [7, 11) is 1.59. The number of ether oxygens (including phenoxy) is 1. The minimum atomic E-state index is 0.623. The molecule has 48 valence electrons. The van der Waals surface area contributed by atoms with Gasteiger partial charge in [-0.3, -0.25) is 0 Å². The van der Waals surface area contributed by atoms with Gasteiger partial charge in [0, 0.05) is 6.20 Å². The molecular formula is C6H6BrNO. The molecule has 2 nitrogen and oxygen atoms in total. The van der Waals surface area contributed by atoms with E-state index >= 15 is 0 Å². The molecule has 0 aliphatic carbocycles. The van der Waals surface area contributed by atoms with Gasteiger partial charge in [-0.25, -0.2) is 4.98 Å². The Morgan fingerprint density at radius 2 is 2.44 bits per heavy atom. The average molecular weight is 188 g/mol. The second-order valence-electron chi connectivity index (χ2n) is 1.49. The second-order valence-corrected chi connectivity index (χ2v) is 2.35. The lowest BCUT2D eigenvalue weighted by atomic mass is 10.5. The van der Waals surface area contributed by atoms with Crippen molar-refractivity contribution in [2.45, 2.75) is 0 Å². The van der Waals surface area contributed by atoms with Gasteiger partial charge in [-0.05, 0) is 28.1 Å². The van der Waals surface area contributed by atoms with E-state index in [0.717, 1.165) is 4.47 Å². The predicted molar refractivity (Wildman–Crippen MR) is 38.5 cm³/mol. The summed E-state index contributed by atoms with van der Waals surface area (Å²) in [5.74, 6) is 0.623. The van der Waals surface area contributed by atoms with Crippen molar-refractivity contribution in [3.8, 4) is 5.88 Å². The van der Waals surface area contributed by atoms with Crippen LogP contribution in [-0.2, 0) is 0 Å². The van der Waals surface area contributed by atoms with Crippen molar-refractivity contribution in [2.24, 2.45) is 0 Å². The average Bonchev–Trinajstić information content (AvgIpc) is 1.89. The Hall–Kier alpha value is -0.570. The van der Waals surface area contributed by atoms with Crippen LogP contribution in [0.2, 0.25) is 0 Å². The molecule has 0 amide bonds. The molecule has 1 rings (SSSR count). The highest BCUT2D eigenvalue weighted by Gasteiger charge is 1.95. The Morgan fingerprint density at radius 1 is 1.67 bits per heavy atom. The van der Waals surface area contributed by atoms with Gasteiger partial charge in [-0.15, -0.1) is 0 Å². The Labute approximate surface area is 62.0 Å². The molecule has 0 atom stereocenters. The highest BCUT2D eigenvalue weighted by atomic mass is 79.9. The Bertz CT molecular complexity index is 202. The van der Waals surface area contributed by atoms with Gasteiger partial charge in [0.15, 0.2) is 0 Å². The Kier molecular flexibility index (Phi) is 2.05. The first kappa shape index (κ1) is 6.55. The molecule has 3 heteroatoms. The molecule has 1 aromatic rings. The molecule has 1 heterocycles. The van der Waals surface area contributed by atoms with Crippen molar-refractivity contribution in [3.05, 3.63) is 22.8 Å². The number of pyridine rings is 1. The number of hydrogen-bond acceptors (Lipinski definition) is 2. The zero-order valence-electron chi connectivity index (χ0n) is 4.97. The fourth-order valence-corrected chi connectivity index (χ4v) is 0.938. The SMILES string of the molecule is COc1ncccc1Br. The van der Waals surface area contributed by atoms with Crippen LogP contribution in [0.4, 0.5) is 0 Å². The summed E-state index contributed by atoms with van der Waals surface area (Å²) >= 11 is 3.27. The van der Waals surface area contributed by atoms with E-state index in [0.29, 0.717) is 5.88 Å². The molecule has 0 bridgehead atoms. The minimum absolute atomic E-state index is 0.623. The highest BCUT2D eigenvalue weighted by Crippen LogP contribution is 2.19. The van der Waals surface area contributed by atoms with E-state index in [9.17, 15) is 0 Å². The van der Waals surface area contributed by atoms with Crippen LogP contribution in [0.15, 0.2) is 22.8 Å². The van der Waals surface area contributed by atoms with Gasteiger partial charge in [-0.2, -0.15) is 0 Å². The normalized spacial score (nSPS) is 9.11. The number of nitrogens with zero attached hydrogens (tertiary/aromatic N) is 1. The molecule has 1 aromatic heterocycles. The van der Waals surface area contributed by atoms with Crippen LogP contribution in [0.1, 0.15) is 0 Å². The van der Waals surface area contributed by atoms with E-state index in [-0.39, 0.29) is 0 Å². The van der Waals surface area contributed by atoms with Crippen molar-refractivity contribution >= 4 is 15.9 Å². The first-order chi connectivity index (χ1) is 4.34. The molecule has 9 heavy (non-hydrogen) atoms. The summed E-state index contributed by atoms with van der Waals surface area (Å²) in [6, 6.07) is 3.72. The molecule has 0 unspecified atom stereocenters.